The van der Waals surface area contributed by atoms with E-state index in [0.717, 1.165) is 21.9 Å². The van der Waals surface area contributed by atoms with E-state index in [9.17, 15) is 9.59 Å². The van der Waals surface area contributed by atoms with Gasteiger partial charge in [0.1, 0.15) is 0 Å². The summed E-state index contributed by atoms with van der Waals surface area (Å²) < 4.78 is 16.3. The summed E-state index contributed by atoms with van der Waals surface area (Å²) in [6, 6.07) is 20.6. The minimum atomic E-state index is -1.56. The van der Waals surface area contributed by atoms with Crippen LogP contribution in [-0.2, 0) is 9.47 Å². The van der Waals surface area contributed by atoms with Crippen molar-refractivity contribution in [3.8, 4) is 22.3 Å². The van der Waals surface area contributed by atoms with Gasteiger partial charge in [0, 0.05) is 20.2 Å². The molecule has 0 aliphatic carbocycles. The molecule has 0 aliphatic heterocycles. The molecule has 2 aromatic heterocycles. The zero-order valence-corrected chi connectivity index (χ0v) is 28.3. The van der Waals surface area contributed by atoms with Crippen LogP contribution >= 0.6 is 22.7 Å². The Morgan fingerprint density at radius 3 is 1.66 bits per heavy atom. The summed E-state index contributed by atoms with van der Waals surface area (Å²) in [5, 5.41) is 2.18. The van der Waals surface area contributed by atoms with Crippen LogP contribution in [0.2, 0.25) is 32.7 Å². The van der Waals surface area contributed by atoms with Crippen molar-refractivity contribution in [2.24, 2.45) is 0 Å². The second-order valence-electron chi connectivity index (χ2n) is 11.3. The molecule has 2 heterocycles. The number of benzene rings is 3. The van der Waals surface area contributed by atoms with Crippen molar-refractivity contribution in [3.63, 3.8) is 0 Å². The summed E-state index contributed by atoms with van der Waals surface area (Å²) in [4.78, 5) is 27.1. The standard InChI is InChI=1S/C33H35O4S2Si2/c1-8-36-32(34)26-17-23(21-13-11-15-29-25(21)19-31(39-29)41(5,6)7)27(33(35)37-9-2)16-22(26)20-12-10-14-28-24(20)18-30(38-28)40(3)4/h10-19H,8-9H2,1-7H3. The second kappa shape index (κ2) is 11.7. The number of esters is 2. The van der Waals surface area contributed by atoms with E-state index in [1.165, 1.54) is 18.4 Å². The fourth-order valence-corrected chi connectivity index (χ4v) is 10.4. The van der Waals surface area contributed by atoms with Crippen molar-refractivity contribution >= 4 is 80.7 Å². The topological polar surface area (TPSA) is 52.6 Å². The molecule has 0 fully saturated rings. The SMILES string of the molecule is CCOC(=O)c1cc(-c2cccc3sc([Si](C)(C)C)cc23)c(C(=O)OCC)cc1-c1cccc2sc([Si](C)C)cc12. The smallest absolute Gasteiger partial charge is 0.338 e. The Balaban J connectivity index is 1.84. The van der Waals surface area contributed by atoms with Gasteiger partial charge in [-0.3, -0.25) is 0 Å². The average molecular weight is 616 g/mol. The van der Waals surface area contributed by atoms with Crippen LogP contribution in [0.4, 0.5) is 0 Å². The molecule has 0 saturated carbocycles. The second-order valence-corrected chi connectivity index (χ2v) is 21.8. The zero-order valence-electron chi connectivity index (χ0n) is 24.6. The highest BCUT2D eigenvalue weighted by Crippen LogP contribution is 2.40. The Morgan fingerprint density at radius 1 is 0.707 bits per heavy atom. The van der Waals surface area contributed by atoms with Crippen LogP contribution in [0.3, 0.4) is 0 Å². The van der Waals surface area contributed by atoms with E-state index in [-0.39, 0.29) is 13.2 Å². The first-order valence-corrected chi connectivity index (χ1v) is 21.6. The van der Waals surface area contributed by atoms with Crippen molar-refractivity contribution in [3.05, 3.63) is 71.8 Å². The molecule has 41 heavy (non-hydrogen) atoms. The molecule has 5 aromatic rings. The number of rotatable bonds is 8. The van der Waals surface area contributed by atoms with Gasteiger partial charge in [0.15, 0.2) is 0 Å². The molecule has 0 unspecified atom stereocenters. The van der Waals surface area contributed by atoms with E-state index < -0.39 is 28.8 Å². The Labute approximate surface area is 252 Å². The molecule has 1 radical (unpaired) electrons. The van der Waals surface area contributed by atoms with Gasteiger partial charge in [0.2, 0.25) is 0 Å². The largest absolute Gasteiger partial charge is 0.462 e. The predicted molar refractivity (Wildman–Crippen MR) is 180 cm³/mol. The molecule has 0 saturated heterocycles. The van der Waals surface area contributed by atoms with Gasteiger partial charge >= 0.3 is 11.9 Å². The lowest BCUT2D eigenvalue weighted by Gasteiger charge is -2.17. The number of hydrogen-bond donors (Lipinski definition) is 0. The van der Waals surface area contributed by atoms with Crippen molar-refractivity contribution in [1.82, 2.24) is 0 Å². The van der Waals surface area contributed by atoms with Gasteiger partial charge in [0.25, 0.3) is 0 Å². The van der Waals surface area contributed by atoms with Gasteiger partial charge in [-0.05, 0) is 81.5 Å². The maximum absolute atomic E-state index is 13.6. The van der Waals surface area contributed by atoms with E-state index >= 15 is 0 Å². The summed E-state index contributed by atoms with van der Waals surface area (Å²) >= 11 is 3.62. The van der Waals surface area contributed by atoms with E-state index in [1.54, 1.807) is 11.3 Å². The van der Waals surface area contributed by atoms with Crippen LogP contribution < -0.4 is 9.00 Å². The number of thiophene rings is 2. The minimum absolute atomic E-state index is 0.261. The quantitative estimate of drug-likeness (QED) is 0.130. The normalized spacial score (nSPS) is 11.9. The molecule has 0 N–H and O–H groups in total. The lowest BCUT2D eigenvalue weighted by molar-refractivity contribution is 0.0513. The molecule has 0 atom stereocenters. The van der Waals surface area contributed by atoms with Crippen LogP contribution in [0.25, 0.3) is 42.4 Å². The number of ether oxygens (including phenoxy) is 2. The van der Waals surface area contributed by atoms with Crippen LogP contribution in [0.1, 0.15) is 34.6 Å². The molecule has 3 aromatic carbocycles. The van der Waals surface area contributed by atoms with Crippen LogP contribution in [0.5, 0.6) is 0 Å². The number of carbonyl (C=O) groups is 2. The first-order valence-electron chi connectivity index (χ1n) is 13.9. The Hall–Kier alpha value is -3.05. The first kappa shape index (κ1) is 29.4. The summed E-state index contributed by atoms with van der Waals surface area (Å²) in [6.45, 7) is 15.7. The highest BCUT2D eigenvalue weighted by Gasteiger charge is 2.26. The van der Waals surface area contributed by atoms with Crippen LogP contribution in [-0.4, -0.2) is 42.0 Å². The molecule has 8 heteroatoms. The minimum Gasteiger partial charge on any atom is -0.462 e. The maximum Gasteiger partial charge on any atom is 0.338 e. The Kier molecular flexibility index (Phi) is 8.39. The monoisotopic (exact) mass is 615 g/mol. The van der Waals surface area contributed by atoms with Crippen LogP contribution in [0, 0.1) is 0 Å². The molecule has 4 nitrogen and oxygen atoms in total. The van der Waals surface area contributed by atoms with Crippen LogP contribution in [0.15, 0.2) is 60.7 Å². The van der Waals surface area contributed by atoms with Crippen molar-refractivity contribution in [1.29, 1.82) is 0 Å². The Bertz CT molecular complexity index is 1780. The predicted octanol–water partition coefficient (Wildman–Crippen LogP) is 8.31. The molecule has 0 aliphatic rings. The van der Waals surface area contributed by atoms with E-state index in [1.807, 2.05) is 61.6 Å². The molecule has 0 amide bonds. The highest BCUT2D eigenvalue weighted by atomic mass is 32.1. The summed E-state index contributed by atoms with van der Waals surface area (Å²) in [7, 11) is -2.21. The summed E-state index contributed by atoms with van der Waals surface area (Å²) in [5.74, 6) is -0.801. The fraction of sp³-hybridized carbons (Fsp3) is 0.273. The number of hydrogen-bond acceptors (Lipinski definition) is 6. The first-order chi connectivity index (χ1) is 19.5. The van der Waals surface area contributed by atoms with Gasteiger partial charge in [-0.15, -0.1) is 22.7 Å². The molecule has 5 rings (SSSR count). The van der Waals surface area contributed by atoms with Gasteiger partial charge in [-0.1, -0.05) is 57.0 Å². The molecule has 0 spiro atoms. The number of fused-ring (bicyclic) bond motifs is 2. The lowest BCUT2D eigenvalue weighted by Crippen LogP contribution is -2.34. The summed E-state index contributed by atoms with van der Waals surface area (Å²) in [6.07, 6.45) is 0. The fourth-order valence-electron chi connectivity index (χ4n) is 5.01. The maximum atomic E-state index is 13.6. The van der Waals surface area contributed by atoms with Crippen molar-refractivity contribution in [2.45, 2.75) is 46.6 Å². The number of carbonyl (C=O) groups excluding carboxylic acids is 2. The third-order valence-electron chi connectivity index (χ3n) is 7.08. The van der Waals surface area contributed by atoms with Gasteiger partial charge in [-0.25, -0.2) is 9.59 Å². The van der Waals surface area contributed by atoms with Gasteiger partial charge in [0.05, 0.1) is 41.2 Å². The van der Waals surface area contributed by atoms with Gasteiger partial charge in [-0.2, -0.15) is 0 Å². The summed E-state index contributed by atoms with van der Waals surface area (Å²) in [5.41, 5.74) is 4.11. The third kappa shape index (κ3) is 5.71. The lowest BCUT2D eigenvalue weighted by atomic mass is 9.88. The molecule has 211 valence electrons. The van der Waals surface area contributed by atoms with Crippen molar-refractivity contribution < 1.29 is 19.1 Å². The van der Waals surface area contributed by atoms with E-state index in [0.29, 0.717) is 22.3 Å². The third-order valence-corrected chi connectivity index (χ3v) is 15.3. The molecular weight excluding hydrogens is 581 g/mol. The Morgan fingerprint density at radius 2 is 1.20 bits per heavy atom. The highest BCUT2D eigenvalue weighted by molar-refractivity contribution is 7.31. The molecule has 0 bridgehead atoms. The van der Waals surface area contributed by atoms with E-state index in [2.05, 4.69) is 57.0 Å². The average Bonchev–Trinajstić information content (AvgIpc) is 3.57. The molecular formula is C33H35O4S2Si2. The zero-order chi connectivity index (χ0) is 29.5. The van der Waals surface area contributed by atoms with E-state index in [4.69, 9.17) is 9.47 Å². The van der Waals surface area contributed by atoms with Gasteiger partial charge < -0.3 is 9.47 Å². The van der Waals surface area contributed by atoms with Crippen molar-refractivity contribution in [2.75, 3.05) is 13.2 Å².